The van der Waals surface area contributed by atoms with E-state index >= 15 is 0 Å². The summed E-state index contributed by atoms with van der Waals surface area (Å²) in [6.07, 6.45) is 0. The fourth-order valence-electron chi connectivity index (χ4n) is 0.457. The molecule has 0 rings (SSSR count). The van der Waals surface area contributed by atoms with Gasteiger partial charge in [-0.05, 0) is 5.41 Å². The van der Waals surface area contributed by atoms with Crippen molar-refractivity contribution >= 4 is 5.97 Å². The number of methoxy groups -OCH3 is 1. The predicted octanol–water partition coefficient (Wildman–Crippen LogP) is 1.22. The molecule has 0 aliphatic carbocycles. The van der Waals surface area contributed by atoms with Crippen LogP contribution in [0.4, 0.5) is 0 Å². The van der Waals surface area contributed by atoms with Gasteiger partial charge in [-0.3, -0.25) is 0 Å². The van der Waals surface area contributed by atoms with Crippen molar-refractivity contribution in [3.63, 3.8) is 0 Å². The number of rotatable bonds is 3. The zero-order valence-corrected chi connectivity index (χ0v) is 7.64. The van der Waals surface area contributed by atoms with Crippen LogP contribution in [0, 0.1) is 5.41 Å². The van der Waals surface area contributed by atoms with Crippen molar-refractivity contribution in [1.29, 1.82) is 0 Å². The third-order valence-corrected chi connectivity index (χ3v) is 0.928. The average Bonchev–Trinajstić information content (AvgIpc) is 1.83. The maximum absolute atomic E-state index is 10.7. The summed E-state index contributed by atoms with van der Waals surface area (Å²) in [6, 6.07) is 0. The second kappa shape index (κ2) is 4.34. The normalized spacial score (nSPS) is 11.3. The molecule has 11 heavy (non-hydrogen) atoms. The lowest BCUT2D eigenvalue weighted by Gasteiger charge is -2.17. The van der Waals surface area contributed by atoms with Gasteiger partial charge >= 0.3 is 5.97 Å². The lowest BCUT2D eigenvalue weighted by molar-refractivity contribution is -0.150. The molecule has 0 saturated carbocycles. The highest BCUT2D eigenvalue weighted by molar-refractivity contribution is 5.70. The Hall–Kier alpha value is -0.570. The SMILES string of the molecule is COCC(=O)OCC(C)(C)C. The Morgan fingerprint density at radius 2 is 1.91 bits per heavy atom. The van der Waals surface area contributed by atoms with Gasteiger partial charge in [0, 0.05) is 7.11 Å². The lowest BCUT2D eigenvalue weighted by atomic mass is 9.99. The van der Waals surface area contributed by atoms with E-state index in [0.29, 0.717) is 6.61 Å². The third-order valence-electron chi connectivity index (χ3n) is 0.928. The number of carbonyl (C=O) groups excluding carboxylic acids is 1. The topological polar surface area (TPSA) is 35.5 Å². The molecule has 0 amide bonds. The van der Waals surface area contributed by atoms with Gasteiger partial charge in [0.15, 0.2) is 0 Å². The van der Waals surface area contributed by atoms with Gasteiger partial charge in [0.05, 0.1) is 6.61 Å². The maximum Gasteiger partial charge on any atom is 0.332 e. The number of carbonyl (C=O) groups is 1. The fourth-order valence-corrected chi connectivity index (χ4v) is 0.457. The van der Waals surface area contributed by atoms with Gasteiger partial charge in [-0.25, -0.2) is 4.79 Å². The summed E-state index contributed by atoms with van der Waals surface area (Å²) in [5.41, 5.74) is 0.0312. The first-order chi connectivity index (χ1) is 4.95. The molecule has 3 heteroatoms. The molecule has 0 bridgehead atoms. The molecule has 0 heterocycles. The number of ether oxygens (including phenoxy) is 2. The molecule has 0 radical (unpaired) electrons. The minimum Gasteiger partial charge on any atom is -0.463 e. The van der Waals surface area contributed by atoms with E-state index < -0.39 is 0 Å². The number of hydrogen-bond donors (Lipinski definition) is 0. The minimum absolute atomic E-state index is 0.0312. The van der Waals surface area contributed by atoms with Crippen molar-refractivity contribution in [2.75, 3.05) is 20.3 Å². The van der Waals surface area contributed by atoms with E-state index in [2.05, 4.69) is 4.74 Å². The number of hydrogen-bond acceptors (Lipinski definition) is 3. The van der Waals surface area contributed by atoms with Gasteiger partial charge in [0.1, 0.15) is 6.61 Å². The van der Waals surface area contributed by atoms with Crippen molar-refractivity contribution in [2.24, 2.45) is 5.41 Å². The third kappa shape index (κ3) is 7.33. The molecule has 0 aromatic heterocycles. The minimum atomic E-state index is -0.303. The molecule has 0 aliphatic heterocycles. The molecule has 0 N–H and O–H groups in total. The van der Waals surface area contributed by atoms with E-state index in [0.717, 1.165) is 0 Å². The molecule has 0 aromatic rings. The van der Waals surface area contributed by atoms with Crippen LogP contribution >= 0.6 is 0 Å². The van der Waals surface area contributed by atoms with Crippen LogP contribution in [0.3, 0.4) is 0 Å². The number of esters is 1. The second-order valence-corrected chi connectivity index (χ2v) is 3.65. The van der Waals surface area contributed by atoms with Crippen molar-refractivity contribution < 1.29 is 14.3 Å². The Kier molecular flexibility index (Phi) is 4.11. The van der Waals surface area contributed by atoms with Crippen LogP contribution in [0.1, 0.15) is 20.8 Å². The van der Waals surface area contributed by atoms with Crippen LogP contribution in [0.5, 0.6) is 0 Å². The Labute approximate surface area is 67.7 Å². The quantitative estimate of drug-likeness (QED) is 0.582. The fraction of sp³-hybridized carbons (Fsp3) is 0.875. The molecule has 0 unspecified atom stereocenters. The average molecular weight is 160 g/mol. The van der Waals surface area contributed by atoms with Crippen molar-refractivity contribution in [3.8, 4) is 0 Å². The summed E-state index contributed by atoms with van der Waals surface area (Å²) in [5, 5.41) is 0. The molecule has 0 saturated heterocycles. The van der Waals surface area contributed by atoms with Gasteiger partial charge < -0.3 is 9.47 Å². The van der Waals surface area contributed by atoms with Crippen LogP contribution in [-0.2, 0) is 14.3 Å². The van der Waals surface area contributed by atoms with E-state index in [4.69, 9.17) is 4.74 Å². The van der Waals surface area contributed by atoms with E-state index in [9.17, 15) is 4.79 Å². The van der Waals surface area contributed by atoms with Gasteiger partial charge in [0.2, 0.25) is 0 Å². The Balaban J connectivity index is 3.46. The Morgan fingerprint density at radius 1 is 1.36 bits per heavy atom. The molecule has 66 valence electrons. The van der Waals surface area contributed by atoms with E-state index in [1.165, 1.54) is 7.11 Å². The van der Waals surface area contributed by atoms with Gasteiger partial charge in [-0.1, -0.05) is 20.8 Å². The van der Waals surface area contributed by atoms with Crippen LogP contribution < -0.4 is 0 Å². The summed E-state index contributed by atoms with van der Waals surface area (Å²) in [6.45, 7) is 6.50. The van der Waals surface area contributed by atoms with E-state index in [-0.39, 0.29) is 18.0 Å². The van der Waals surface area contributed by atoms with Crippen molar-refractivity contribution in [2.45, 2.75) is 20.8 Å². The molecule has 0 aromatic carbocycles. The van der Waals surface area contributed by atoms with E-state index in [1.54, 1.807) is 0 Å². The zero-order chi connectivity index (χ0) is 8.91. The summed E-state index contributed by atoms with van der Waals surface area (Å²) in [4.78, 5) is 10.7. The predicted molar refractivity (Wildman–Crippen MR) is 42.3 cm³/mol. The van der Waals surface area contributed by atoms with E-state index in [1.807, 2.05) is 20.8 Å². The lowest BCUT2D eigenvalue weighted by Crippen LogP contribution is -2.20. The molecular formula is C8H16O3. The molecule has 0 atom stereocenters. The van der Waals surface area contributed by atoms with Gasteiger partial charge in [-0.2, -0.15) is 0 Å². The van der Waals surface area contributed by atoms with Crippen molar-refractivity contribution in [3.05, 3.63) is 0 Å². The van der Waals surface area contributed by atoms with Crippen LogP contribution in [0.2, 0.25) is 0 Å². The first kappa shape index (κ1) is 10.4. The van der Waals surface area contributed by atoms with Crippen molar-refractivity contribution in [1.82, 2.24) is 0 Å². The van der Waals surface area contributed by atoms with Crippen LogP contribution in [0.15, 0.2) is 0 Å². The van der Waals surface area contributed by atoms with Gasteiger partial charge in [-0.15, -0.1) is 0 Å². The highest BCUT2D eigenvalue weighted by atomic mass is 16.6. The smallest absolute Gasteiger partial charge is 0.332 e. The molecule has 0 aliphatic rings. The summed E-state index contributed by atoms with van der Waals surface area (Å²) < 4.78 is 9.48. The largest absolute Gasteiger partial charge is 0.463 e. The van der Waals surface area contributed by atoms with Crippen LogP contribution in [-0.4, -0.2) is 26.3 Å². The second-order valence-electron chi connectivity index (χ2n) is 3.65. The van der Waals surface area contributed by atoms with Crippen LogP contribution in [0.25, 0.3) is 0 Å². The monoisotopic (exact) mass is 160 g/mol. The first-order valence-corrected chi connectivity index (χ1v) is 3.60. The first-order valence-electron chi connectivity index (χ1n) is 3.60. The Morgan fingerprint density at radius 3 is 2.27 bits per heavy atom. The maximum atomic E-state index is 10.7. The highest BCUT2D eigenvalue weighted by Crippen LogP contribution is 2.12. The van der Waals surface area contributed by atoms with Gasteiger partial charge in [0.25, 0.3) is 0 Å². The summed E-state index contributed by atoms with van der Waals surface area (Å²) in [7, 11) is 1.47. The summed E-state index contributed by atoms with van der Waals surface area (Å²) in [5.74, 6) is -0.303. The molecule has 0 fully saturated rings. The highest BCUT2D eigenvalue weighted by Gasteiger charge is 2.12. The Bertz CT molecular complexity index is 124. The molecule has 3 nitrogen and oxygen atoms in total. The standard InChI is InChI=1S/C8H16O3/c1-8(2,3)6-11-7(9)5-10-4/h5-6H2,1-4H3. The molecule has 0 spiro atoms. The molecular weight excluding hydrogens is 144 g/mol. The summed E-state index contributed by atoms with van der Waals surface area (Å²) >= 11 is 0. The zero-order valence-electron chi connectivity index (χ0n) is 7.64.